The summed E-state index contributed by atoms with van der Waals surface area (Å²) in [5.74, 6) is 1.50. The Balaban J connectivity index is 1.01. The normalized spacial score (nSPS) is 14.5. The summed E-state index contributed by atoms with van der Waals surface area (Å²) in [4.78, 5) is 10.1. The zero-order valence-corrected chi connectivity index (χ0v) is 31.4. The molecule has 5 nitrogen and oxygen atoms in total. The number of hydrogen-bond donors (Lipinski definition) is 1. The third-order valence-corrected chi connectivity index (χ3v) is 12.4. The van der Waals surface area contributed by atoms with E-state index in [0.29, 0.717) is 5.84 Å². The zero-order chi connectivity index (χ0) is 37.5. The lowest BCUT2D eigenvalue weighted by molar-refractivity contribution is 0.663. The molecule has 1 aliphatic heterocycles. The second-order valence-corrected chi connectivity index (χ2v) is 15.6. The van der Waals surface area contributed by atoms with Gasteiger partial charge in [-0.05, 0) is 65.2 Å². The molecule has 1 atom stereocenters. The Morgan fingerprint density at radius 2 is 1.19 bits per heavy atom. The Morgan fingerprint density at radius 3 is 1.96 bits per heavy atom. The number of benzene rings is 8. The molecule has 3 aromatic heterocycles. The van der Waals surface area contributed by atoms with Crippen molar-refractivity contribution in [2.24, 2.45) is 9.98 Å². The average molecular weight is 749 g/mol. The van der Waals surface area contributed by atoms with E-state index in [-0.39, 0.29) is 6.17 Å². The number of thiophene rings is 1. The van der Waals surface area contributed by atoms with E-state index in [4.69, 9.17) is 14.4 Å². The molecule has 1 aliphatic rings. The fraction of sp³-hybridized carbons (Fsp3) is 0.0196. The molecule has 0 spiro atoms. The highest BCUT2D eigenvalue weighted by Gasteiger charge is 2.23. The van der Waals surface area contributed by atoms with Crippen molar-refractivity contribution >= 4 is 86.9 Å². The maximum absolute atomic E-state index is 6.57. The van der Waals surface area contributed by atoms with E-state index in [1.807, 2.05) is 47.7 Å². The molecule has 0 saturated carbocycles. The van der Waals surface area contributed by atoms with Gasteiger partial charge < -0.3 is 14.3 Å². The van der Waals surface area contributed by atoms with Gasteiger partial charge in [-0.15, -0.1) is 11.3 Å². The van der Waals surface area contributed by atoms with Crippen LogP contribution in [0.1, 0.15) is 22.9 Å². The first-order valence-corrected chi connectivity index (χ1v) is 20.0. The molecule has 0 saturated heterocycles. The van der Waals surface area contributed by atoms with Crippen molar-refractivity contribution in [1.29, 1.82) is 0 Å². The van der Waals surface area contributed by atoms with Crippen molar-refractivity contribution in [2.75, 3.05) is 0 Å². The Labute approximate surface area is 331 Å². The summed E-state index contributed by atoms with van der Waals surface area (Å²) in [5, 5.41) is 10.9. The number of nitrogens with zero attached hydrogens (tertiary/aromatic N) is 3. The van der Waals surface area contributed by atoms with Crippen LogP contribution in [0.15, 0.2) is 196 Å². The molecule has 0 radical (unpaired) electrons. The van der Waals surface area contributed by atoms with Crippen LogP contribution in [0.25, 0.3) is 80.7 Å². The highest BCUT2D eigenvalue weighted by molar-refractivity contribution is 7.26. The molecule has 11 aromatic rings. The Morgan fingerprint density at radius 1 is 0.509 bits per heavy atom. The Bertz CT molecular complexity index is 3390. The number of aliphatic imine (C=N–C) groups is 2. The highest BCUT2D eigenvalue weighted by atomic mass is 32.1. The summed E-state index contributed by atoms with van der Waals surface area (Å²) in [6, 6.07) is 64.3. The number of rotatable bonds is 5. The second-order valence-electron chi connectivity index (χ2n) is 14.6. The minimum atomic E-state index is -0.345. The third kappa shape index (κ3) is 5.08. The van der Waals surface area contributed by atoms with Gasteiger partial charge in [0.25, 0.3) is 0 Å². The summed E-state index contributed by atoms with van der Waals surface area (Å²) in [6.07, 6.45) is -0.345. The average Bonchev–Trinajstić information content (AvgIpc) is 3.96. The van der Waals surface area contributed by atoms with Gasteiger partial charge in [-0.1, -0.05) is 133 Å². The molecule has 0 aliphatic carbocycles. The van der Waals surface area contributed by atoms with E-state index >= 15 is 0 Å². The first kappa shape index (κ1) is 32.0. The van der Waals surface area contributed by atoms with Crippen LogP contribution in [0.5, 0.6) is 0 Å². The van der Waals surface area contributed by atoms with Gasteiger partial charge in [0.05, 0.1) is 11.0 Å². The third-order valence-electron chi connectivity index (χ3n) is 11.3. The predicted molar refractivity (Wildman–Crippen MR) is 238 cm³/mol. The summed E-state index contributed by atoms with van der Waals surface area (Å²) in [5.41, 5.74) is 10.7. The van der Waals surface area contributed by atoms with Gasteiger partial charge in [0.2, 0.25) is 0 Å². The van der Waals surface area contributed by atoms with Gasteiger partial charge >= 0.3 is 0 Å². The van der Waals surface area contributed by atoms with Crippen molar-refractivity contribution in [3.05, 3.63) is 199 Å². The van der Waals surface area contributed by atoms with Crippen LogP contribution < -0.4 is 5.32 Å². The molecule has 0 amide bonds. The van der Waals surface area contributed by atoms with Crippen LogP contribution in [0.3, 0.4) is 0 Å². The summed E-state index contributed by atoms with van der Waals surface area (Å²) >= 11 is 1.85. The molecule has 4 heterocycles. The molecule has 8 aromatic carbocycles. The molecule has 6 heteroatoms. The van der Waals surface area contributed by atoms with Gasteiger partial charge in [-0.3, -0.25) is 0 Å². The SMILES string of the molecule is c1ccc(C2=NC(c3ccc4oc5cccc(-c6cccc7sc8cc(-n9c%10ccccc%10c%10ccccc%109)ccc8c67)c5c4c3)NC(c3ccccc3)=N2)cc1. The van der Waals surface area contributed by atoms with Gasteiger partial charge in [-0.2, -0.15) is 0 Å². The van der Waals surface area contributed by atoms with Crippen molar-refractivity contribution in [3.8, 4) is 16.8 Å². The van der Waals surface area contributed by atoms with Crippen LogP contribution in [0.2, 0.25) is 0 Å². The number of furan rings is 1. The predicted octanol–water partition coefficient (Wildman–Crippen LogP) is 13.2. The summed E-state index contributed by atoms with van der Waals surface area (Å²) in [6.45, 7) is 0. The van der Waals surface area contributed by atoms with E-state index in [9.17, 15) is 0 Å². The Hall–Kier alpha value is -7.28. The maximum Gasteiger partial charge on any atom is 0.159 e. The number of para-hydroxylation sites is 2. The lowest BCUT2D eigenvalue weighted by Gasteiger charge is -2.23. The monoisotopic (exact) mass is 748 g/mol. The molecule has 1 unspecified atom stereocenters. The van der Waals surface area contributed by atoms with Gasteiger partial charge in [-0.25, -0.2) is 9.98 Å². The molecule has 1 N–H and O–H groups in total. The van der Waals surface area contributed by atoms with Crippen molar-refractivity contribution in [3.63, 3.8) is 0 Å². The topological polar surface area (TPSA) is 54.8 Å². The summed E-state index contributed by atoms with van der Waals surface area (Å²) in [7, 11) is 0. The van der Waals surface area contributed by atoms with E-state index in [2.05, 4.69) is 155 Å². The summed E-state index contributed by atoms with van der Waals surface area (Å²) < 4.78 is 11.5. The number of amidine groups is 2. The van der Waals surface area contributed by atoms with Crippen LogP contribution in [0.4, 0.5) is 0 Å². The largest absolute Gasteiger partial charge is 0.456 e. The quantitative estimate of drug-likeness (QED) is 0.191. The van der Waals surface area contributed by atoms with E-state index < -0.39 is 0 Å². The highest BCUT2D eigenvalue weighted by Crippen LogP contribution is 2.45. The van der Waals surface area contributed by atoms with E-state index in [0.717, 1.165) is 50.0 Å². The van der Waals surface area contributed by atoms with Crippen molar-refractivity contribution in [1.82, 2.24) is 9.88 Å². The number of fused-ring (bicyclic) bond motifs is 9. The Kier molecular flexibility index (Phi) is 7.09. The molecule has 268 valence electrons. The van der Waals surface area contributed by atoms with Crippen molar-refractivity contribution in [2.45, 2.75) is 6.17 Å². The van der Waals surface area contributed by atoms with Crippen molar-refractivity contribution < 1.29 is 4.42 Å². The second kappa shape index (κ2) is 12.6. The van der Waals surface area contributed by atoms with Crippen LogP contribution in [-0.2, 0) is 0 Å². The minimum absolute atomic E-state index is 0.345. The number of hydrogen-bond acceptors (Lipinski definition) is 5. The number of aromatic nitrogens is 1. The number of nitrogens with one attached hydrogen (secondary N) is 1. The van der Waals surface area contributed by atoms with Gasteiger partial charge in [0.15, 0.2) is 5.84 Å². The van der Waals surface area contributed by atoms with Gasteiger partial charge in [0, 0.05) is 58.5 Å². The van der Waals surface area contributed by atoms with Gasteiger partial charge in [0.1, 0.15) is 23.2 Å². The molecular weight excluding hydrogens is 717 g/mol. The first-order chi connectivity index (χ1) is 28.2. The van der Waals surface area contributed by atoms with E-state index in [1.165, 1.54) is 53.2 Å². The molecule has 57 heavy (non-hydrogen) atoms. The van der Waals surface area contributed by atoms with Crippen LogP contribution >= 0.6 is 11.3 Å². The molecule has 0 fully saturated rings. The minimum Gasteiger partial charge on any atom is -0.456 e. The first-order valence-electron chi connectivity index (χ1n) is 19.2. The lowest BCUT2D eigenvalue weighted by atomic mass is 9.95. The lowest BCUT2D eigenvalue weighted by Crippen LogP contribution is -2.33. The fourth-order valence-corrected chi connectivity index (χ4v) is 9.86. The standard InChI is InChI=1S/C51H32N4OS/c1-3-13-31(14-4-1)49-52-50(32-15-5-2-6-16-32)54-51(53-49)33-25-28-43-40(29-33)47-37(19-11-23-44(47)56-43)38-20-12-24-45-48(38)39-27-26-34(30-46(39)57-45)55-41-21-9-7-17-35(41)36-18-8-10-22-42(36)55/h1-30,51H,(H,52,53,54). The molecule has 0 bridgehead atoms. The zero-order valence-electron chi connectivity index (χ0n) is 30.6. The van der Waals surface area contributed by atoms with Crippen LogP contribution in [-0.4, -0.2) is 16.2 Å². The maximum atomic E-state index is 6.57. The smallest absolute Gasteiger partial charge is 0.159 e. The van der Waals surface area contributed by atoms with Crippen LogP contribution in [0, 0.1) is 0 Å². The molecular formula is C51H32N4OS. The molecule has 12 rings (SSSR count). The fourth-order valence-electron chi connectivity index (χ4n) is 8.70. The van der Waals surface area contributed by atoms with E-state index in [1.54, 1.807) is 0 Å².